The van der Waals surface area contributed by atoms with Gasteiger partial charge in [-0.3, -0.25) is 0 Å². The van der Waals surface area contributed by atoms with Crippen LogP contribution in [-0.4, -0.2) is 14.7 Å². The third-order valence-corrected chi connectivity index (χ3v) is 4.38. The van der Waals surface area contributed by atoms with E-state index in [2.05, 4.69) is 46.7 Å². The summed E-state index contributed by atoms with van der Waals surface area (Å²) in [5.41, 5.74) is 0.888. The smallest absolute Gasteiger partial charge is 0.147 e. The molecule has 0 aromatic carbocycles. The van der Waals surface area contributed by atoms with E-state index in [4.69, 9.17) is 11.6 Å². The van der Waals surface area contributed by atoms with E-state index in [9.17, 15) is 0 Å². The fourth-order valence-corrected chi connectivity index (χ4v) is 2.03. The molecule has 15 heavy (non-hydrogen) atoms. The number of hydrogen-bond donors (Lipinski definition) is 0. The largest absolute Gasteiger partial charge is 0.236 e. The zero-order chi connectivity index (χ0) is 11.6. The second-order valence-corrected chi connectivity index (χ2v) is 7.18. The van der Waals surface area contributed by atoms with Crippen LogP contribution in [0.2, 0.25) is 5.15 Å². The minimum Gasteiger partial charge on any atom is -0.236 e. The van der Waals surface area contributed by atoms with Gasteiger partial charge in [-0.15, -0.1) is 11.8 Å². The molecule has 0 N–H and O–H groups in total. The zero-order valence-corrected chi connectivity index (χ0v) is 12.4. The van der Waals surface area contributed by atoms with Crippen molar-refractivity contribution in [2.24, 2.45) is 0 Å². The van der Waals surface area contributed by atoms with Gasteiger partial charge in [0.2, 0.25) is 0 Å². The molecule has 0 spiro atoms. The molecule has 1 rings (SSSR count). The van der Waals surface area contributed by atoms with Gasteiger partial charge >= 0.3 is 0 Å². The van der Waals surface area contributed by atoms with Crippen LogP contribution < -0.4 is 0 Å². The van der Waals surface area contributed by atoms with Crippen molar-refractivity contribution in [2.75, 3.05) is 0 Å². The van der Waals surface area contributed by atoms with Gasteiger partial charge in [0.25, 0.3) is 0 Å². The maximum absolute atomic E-state index is 5.96. The maximum Gasteiger partial charge on any atom is 0.147 e. The predicted octanol–water partition coefficient (Wildman–Crippen LogP) is 4.23. The summed E-state index contributed by atoms with van der Waals surface area (Å²) in [4.78, 5) is 8.60. The van der Waals surface area contributed by atoms with Crippen LogP contribution in [0.15, 0.2) is 4.47 Å². The summed E-state index contributed by atoms with van der Waals surface area (Å²) in [5, 5.41) is 0.493. The van der Waals surface area contributed by atoms with Crippen molar-refractivity contribution in [1.29, 1.82) is 0 Å². The molecule has 1 heterocycles. The summed E-state index contributed by atoms with van der Waals surface area (Å²) in [6, 6.07) is 0. The number of rotatable bonds is 2. The maximum atomic E-state index is 5.96. The van der Waals surface area contributed by atoms with E-state index in [1.807, 2.05) is 18.7 Å². The Morgan fingerprint density at radius 2 is 1.93 bits per heavy atom. The molecule has 0 unspecified atom stereocenters. The van der Waals surface area contributed by atoms with Gasteiger partial charge < -0.3 is 0 Å². The Hall–Kier alpha value is 0.200. The van der Waals surface area contributed by atoms with Gasteiger partial charge in [-0.05, 0) is 22.9 Å². The first-order valence-corrected chi connectivity index (χ1v) is 6.78. The number of nitrogens with zero attached hydrogens (tertiary/aromatic N) is 2. The third kappa shape index (κ3) is 4.29. The highest BCUT2D eigenvalue weighted by molar-refractivity contribution is 9.10. The standard InChI is InChI=1S/C10H14BrClN2S/c1-6-8(11)9(12)14-7(13-6)5-15-10(2,3)4/h5H2,1-4H3. The lowest BCUT2D eigenvalue weighted by molar-refractivity contribution is 0.799. The Morgan fingerprint density at radius 1 is 1.33 bits per heavy atom. The van der Waals surface area contributed by atoms with Crippen molar-refractivity contribution in [1.82, 2.24) is 9.97 Å². The van der Waals surface area contributed by atoms with Gasteiger partial charge in [0, 0.05) is 4.75 Å². The lowest BCUT2D eigenvalue weighted by atomic mass is 10.3. The third-order valence-electron chi connectivity index (χ3n) is 1.66. The van der Waals surface area contributed by atoms with Crippen LogP contribution in [0.1, 0.15) is 32.3 Å². The van der Waals surface area contributed by atoms with Gasteiger partial charge in [-0.1, -0.05) is 32.4 Å². The van der Waals surface area contributed by atoms with Gasteiger partial charge in [-0.25, -0.2) is 9.97 Å². The highest BCUT2D eigenvalue weighted by Crippen LogP contribution is 2.28. The fourth-order valence-electron chi connectivity index (χ4n) is 0.925. The van der Waals surface area contributed by atoms with Crippen molar-refractivity contribution in [3.05, 3.63) is 21.1 Å². The molecule has 0 aliphatic carbocycles. The van der Waals surface area contributed by atoms with Crippen LogP contribution in [0.4, 0.5) is 0 Å². The number of aromatic nitrogens is 2. The van der Waals surface area contributed by atoms with E-state index in [0.717, 1.165) is 21.7 Å². The summed E-state index contributed by atoms with van der Waals surface area (Å²) in [5.74, 6) is 1.58. The summed E-state index contributed by atoms with van der Waals surface area (Å²) in [7, 11) is 0. The van der Waals surface area contributed by atoms with Gasteiger partial charge in [0.15, 0.2) is 0 Å². The predicted molar refractivity (Wildman–Crippen MR) is 70.5 cm³/mol. The number of halogens is 2. The molecule has 0 amide bonds. The van der Waals surface area contributed by atoms with Crippen LogP contribution >= 0.6 is 39.3 Å². The number of hydrogen-bond acceptors (Lipinski definition) is 3. The van der Waals surface area contributed by atoms with E-state index in [-0.39, 0.29) is 4.75 Å². The minimum atomic E-state index is 0.219. The molecule has 0 aliphatic heterocycles. The molecule has 84 valence electrons. The van der Waals surface area contributed by atoms with Crippen LogP contribution in [0.25, 0.3) is 0 Å². The molecule has 5 heteroatoms. The van der Waals surface area contributed by atoms with Crippen molar-refractivity contribution >= 4 is 39.3 Å². The van der Waals surface area contributed by atoms with Crippen molar-refractivity contribution in [3.8, 4) is 0 Å². The van der Waals surface area contributed by atoms with E-state index < -0.39 is 0 Å². The van der Waals surface area contributed by atoms with Crippen molar-refractivity contribution in [3.63, 3.8) is 0 Å². The van der Waals surface area contributed by atoms with Gasteiger partial charge in [0.1, 0.15) is 11.0 Å². The lowest BCUT2D eigenvalue weighted by Gasteiger charge is -2.16. The molecule has 2 nitrogen and oxygen atoms in total. The SMILES string of the molecule is Cc1nc(CSC(C)(C)C)nc(Cl)c1Br. The molecule has 0 fully saturated rings. The summed E-state index contributed by atoms with van der Waals surface area (Å²) in [6.45, 7) is 8.43. The summed E-state index contributed by atoms with van der Waals surface area (Å²) < 4.78 is 1.00. The normalized spacial score (nSPS) is 11.9. The molecule has 0 atom stereocenters. The van der Waals surface area contributed by atoms with E-state index >= 15 is 0 Å². The van der Waals surface area contributed by atoms with Crippen LogP contribution in [0.5, 0.6) is 0 Å². The Kier molecular flexibility index (Phi) is 4.44. The zero-order valence-electron chi connectivity index (χ0n) is 9.27. The van der Waals surface area contributed by atoms with Crippen molar-refractivity contribution < 1.29 is 0 Å². The van der Waals surface area contributed by atoms with E-state index in [1.54, 1.807) is 0 Å². The first-order valence-electron chi connectivity index (χ1n) is 4.62. The average Bonchev–Trinajstić information content (AvgIpc) is 2.09. The van der Waals surface area contributed by atoms with Gasteiger partial charge in [0.05, 0.1) is 15.9 Å². The minimum absolute atomic E-state index is 0.219. The average molecular weight is 310 g/mol. The van der Waals surface area contributed by atoms with Crippen LogP contribution in [-0.2, 0) is 5.75 Å². The van der Waals surface area contributed by atoms with Crippen molar-refractivity contribution in [2.45, 2.75) is 38.2 Å². The lowest BCUT2D eigenvalue weighted by Crippen LogP contribution is -2.09. The molecule has 1 aromatic heterocycles. The summed E-state index contributed by atoms with van der Waals surface area (Å²) >= 11 is 11.1. The van der Waals surface area contributed by atoms with E-state index in [1.165, 1.54) is 0 Å². The van der Waals surface area contributed by atoms with Gasteiger partial charge in [-0.2, -0.15) is 0 Å². The monoisotopic (exact) mass is 308 g/mol. The Labute approximate surface area is 108 Å². The summed E-state index contributed by atoms with van der Waals surface area (Å²) in [6.07, 6.45) is 0. The van der Waals surface area contributed by atoms with E-state index in [0.29, 0.717) is 5.15 Å². The molecular formula is C10H14BrClN2S. The molecule has 1 aromatic rings. The molecule has 0 radical (unpaired) electrons. The topological polar surface area (TPSA) is 25.8 Å². The fraction of sp³-hybridized carbons (Fsp3) is 0.600. The van der Waals surface area contributed by atoms with Crippen LogP contribution in [0.3, 0.4) is 0 Å². The Bertz CT molecular complexity index is 340. The molecule has 0 saturated heterocycles. The first kappa shape index (κ1) is 13.3. The van der Waals surface area contributed by atoms with Crippen LogP contribution in [0, 0.1) is 6.92 Å². The molecule has 0 aliphatic rings. The molecule has 0 bridgehead atoms. The quantitative estimate of drug-likeness (QED) is 0.765. The molecule has 0 saturated carbocycles. The molecular weight excluding hydrogens is 296 g/mol. The number of aryl methyl sites for hydroxylation is 1. The number of thioether (sulfide) groups is 1. The Balaban J connectivity index is 2.80. The first-order chi connectivity index (χ1) is 6.79. The Morgan fingerprint density at radius 3 is 2.40 bits per heavy atom. The second kappa shape index (κ2) is 5.02. The highest BCUT2D eigenvalue weighted by Gasteiger charge is 2.13. The second-order valence-electron chi connectivity index (χ2n) is 4.23. The highest BCUT2D eigenvalue weighted by atomic mass is 79.9.